The van der Waals surface area contributed by atoms with Gasteiger partial charge in [-0.25, -0.2) is 9.37 Å². The molecule has 0 aromatic carbocycles. The normalized spacial score (nSPS) is 21.2. The Hall–Kier alpha value is -2.19. The Kier molecular flexibility index (Phi) is 6.96. The van der Waals surface area contributed by atoms with Crippen LogP contribution in [0.15, 0.2) is 6.07 Å². The number of aromatic nitrogens is 2. The lowest BCUT2D eigenvalue weighted by Crippen LogP contribution is -2.40. The largest absolute Gasteiger partial charge is 0.474 e. The number of hydrogen-bond donors (Lipinski definition) is 1. The first kappa shape index (κ1) is 24.0. The maximum Gasteiger partial charge on any atom is 0.270 e. The Morgan fingerprint density at radius 2 is 1.94 bits per heavy atom. The van der Waals surface area contributed by atoms with E-state index in [9.17, 15) is 4.79 Å². The van der Waals surface area contributed by atoms with Crippen LogP contribution < -0.4 is 15.0 Å². The summed E-state index contributed by atoms with van der Waals surface area (Å²) in [6.07, 6.45) is 3.45. The lowest BCUT2D eigenvalue weighted by Gasteiger charge is -2.34. The van der Waals surface area contributed by atoms with Crippen LogP contribution in [0.25, 0.3) is 10.9 Å². The minimum absolute atomic E-state index is 0.0199. The third-order valence-corrected chi connectivity index (χ3v) is 6.60. The lowest BCUT2D eigenvalue weighted by atomic mass is 9.97. The Balaban J connectivity index is 1.83. The van der Waals surface area contributed by atoms with Crippen molar-refractivity contribution < 1.29 is 13.9 Å². The van der Waals surface area contributed by atoms with Gasteiger partial charge in [-0.3, -0.25) is 4.79 Å². The minimum Gasteiger partial charge on any atom is -0.474 e. The molecule has 180 valence electrons. The zero-order chi connectivity index (χ0) is 23.9. The summed E-state index contributed by atoms with van der Waals surface area (Å²) in [6, 6.07) is 1.66. The molecule has 2 aromatic rings. The molecule has 2 bridgehead atoms. The summed E-state index contributed by atoms with van der Waals surface area (Å²) in [7, 11) is 3.89. The highest BCUT2D eigenvalue weighted by Crippen LogP contribution is 2.43. The van der Waals surface area contributed by atoms with E-state index in [1.165, 1.54) is 19.3 Å². The van der Waals surface area contributed by atoms with E-state index in [0.29, 0.717) is 23.8 Å². The molecule has 1 aliphatic carbocycles. The van der Waals surface area contributed by atoms with Crippen LogP contribution in [-0.4, -0.2) is 66.7 Å². The number of carbonyl (C=O) groups is 1. The summed E-state index contributed by atoms with van der Waals surface area (Å²) >= 11 is 6.12. The summed E-state index contributed by atoms with van der Waals surface area (Å²) in [5.74, 6) is 0.374. The Bertz CT molecular complexity index is 1040. The predicted molar refractivity (Wildman–Crippen MR) is 129 cm³/mol. The topological polar surface area (TPSA) is 70.6 Å². The van der Waals surface area contributed by atoms with Crippen molar-refractivity contribution in [1.82, 2.24) is 20.2 Å². The quantitative estimate of drug-likeness (QED) is 0.605. The number of rotatable bonds is 7. The molecule has 2 unspecified atom stereocenters. The minimum atomic E-state index is -0.736. The number of hydrogen-bond acceptors (Lipinski definition) is 6. The van der Waals surface area contributed by atoms with Gasteiger partial charge in [0, 0.05) is 25.7 Å². The molecule has 1 saturated carbocycles. The average molecular weight is 478 g/mol. The van der Waals surface area contributed by atoms with Crippen LogP contribution in [0.1, 0.15) is 50.5 Å². The molecule has 1 amide bonds. The first-order chi connectivity index (χ1) is 15.6. The summed E-state index contributed by atoms with van der Waals surface area (Å²) in [5, 5.41) is 3.13. The number of fused-ring (bicyclic) bond motifs is 3. The second-order valence-corrected chi connectivity index (χ2v) is 10.4. The SMILES string of the molecule is CC(C)Oc1nc(Cl)c(F)c2nc(C(=O)N[C@H](C)CN(C)C)cc(N3CC4CCC(C4)C3)c12. The van der Waals surface area contributed by atoms with Crippen LogP contribution in [0.4, 0.5) is 10.1 Å². The van der Waals surface area contributed by atoms with Gasteiger partial charge in [-0.1, -0.05) is 11.6 Å². The van der Waals surface area contributed by atoms with Gasteiger partial charge in [0.15, 0.2) is 11.0 Å². The monoisotopic (exact) mass is 477 g/mol. The van der Waals surface area contributed by atoms with Crippen LogP contribution in [0, 0.1) is 17.7 Å². The molecule has 3 atom stereocenters. The molecule has 1 saturated heterocycles. The van der Waals surface area contributed by atoms with Crippen molar-refractivity contribution in [2.45, 2.75) is 52.2 Å². The summed E-state index contributed by atoms with van der Waals surface area (Å²) in [6.45, 7) is 8.09. The van der Waals surface area contributed by atoms with Gasteiger partial charge in [0.1, 0.15) is 11.2 Å². The number of halogens is 2. The molecular weight excluding hydrogens is 445 g/mol. The molecule has 4 rings (SSSR count). The van der Waals surface area contributed by atoms with Crippen LogP contribution in [0.2, 0.25) is 5.15 Å². The second-order valence-electron chi connectivity index (χ2n) is 10.0. The number of ether oxygens (including phenoxy) is 1. The summed E-state index contributed by atoms with van der Waals surface area (Å²) in [4.78, 5) is 26.0. The van der Waals surface area contributed by atoms with Crippen LogP contribution in [-0.2, 0) is 0 Å². The third-order valence-electron chi connectivity index (χ3n) is 6.35. The zero-order valence-electron chi connectivity index (χ0n) is 20.0. The number of nitrogens with one attached hydrogen (secondary N) is 1. The predicted octanol–water partition coefficient (Wildman–Crippen LogP) is 4.13. The van der Waals surface area contributed by atoms with Crippen molar-refractivity contribution >= 4 is 34.1 Å². The van der Waals surface area contributed by atoms with E-state index in [2.05, 4.69) is 20.2 Å². The first-order valence-corrected chi connectivity index (χ1v) is 12.1. The molecule has 7 nitrogen and oxygen atoms in total. The Morgan fingerprint density at radius 3 is 2.55 bits per heavy atom. The van der Waals surface area contributed by atoms with Crippen LogP contribution >= 0.6 is 11.6 Å². The molecule has 33 heavy (non-hydrogen) atoms. The number of likely N-dealkylation sites (N-methyl/N-ethyl adjacent to an activating group) is 1. The van der Waals surface area contributed by atoms with Crippen LogP contribution in [0.5, 0.6) is 5.88 Å². The van der Waals surface area contributed by atoms with E-state index < -0.39 is 5.82 Å². The molecule has 9 heteroatoms. The number of carbonyl (C=O) groups excluding carboxylic acids is 1. The van der Waals surface area contributed by atoms with E-state index in [1.54, 1.807) is 6.07 Å². The molecule has 0 radical (unpaired) electrons. The average Bonchev–Trinajstić information content (AvgIpc) is 3.07. The Morgan fingerprint density at radius 1 is 1.27 bits per heavy atom. The molecule has 2 aliphatic rings. The number of nitrogens with zero attached hydrogens (tertiary/aromatic N) is 4. The maximum absolute atomic E-state index is 15.2. The van der Waals surface area contributed by atoms with Crippen molar-refractivity contribution in [1.29, 1.82) is 0 Å². The van der Waals surface area contributed by atoms with Crippen molar-refractivity contribution in [3.05, 3.63) is 22.7 Å². The standard InChI is InChI=1S/C24H33ClFN5O2/c1-13(2)33-24-19-18(31-11-15-6-7-16(8-15)12-31)9-17(23(32)27-14(3)10-30(4)5)28-21(19)20(26)22(25)29-24/h9,13-16H,6-8,10-12H2,1-5H3,(H,27,32)/t14-,15?,16?/m1/s1. The van der Waals surface area contributed by atoms with E-state index in [4.69, 9.17) is 16.3 Å². The number of anilines is 1. The summed E-state index contributed by atoms with van der Waals surface area (Å²) in [5.41, 5.74) is 0.921. The molecule has 2 fully saturated rings. The summed E-state index contributed by atoms with van der Waals surface area (Å²) < 4.78 is 21.2. The smallest absolute Gasteiger partial charge is 0.270 e. The van der Waals surface area contributed by atoms with Crippen LogP contribution in [0.3, 0.4) is 0 Å². The molecule has 3 heterocycles. The van der Waals surface area contributed by atoms with Gasteiger partial charge in [-0.2, -0.15) is 4.98 Å². The molecular formula is C24H33ClFN5O2. The zero-order valence-corrected chi connectivity index (χ0v) is 20.7. The van der Waals surface area contributed by atoms with Crippen molar-refractivity contribution in [2.75, 3.05) is 38.6 Å². The van der Waals surface area contributed by atoms with Gasteiger partial charge in [0.2, 0.25) is 5.88 Å². The van der Waals surface area contributed by atoms with E-state index in [0.717, 1.165) is 18.8 Å². The molecule has 0 spiro atoms. The second kappa shape index (κ2) is 9.58. The van der Waals surface area contributed by atoms with Crippen molar-refractivity contribution in [3.8, 4) is 5.88 Å². The number of pyridine rings is 2. The maximum atomic E-state index is 15.2. The van der Waals surface area contributed by atoms with Gasteiger partial charge in [0.25, 0.3) is 5.91 Å². The molecule has 1 aliphatic heterocycles. The van der Waals surface area contributed by atoms with Gasteiger partial charge >= 0.3 is 0 Å². The van der Waals surface area contributed by atoms with E-state index in [1.807, 2.05) is 39.8 Å². The Labute approximate surface area is 199 Å². The third kappa shape index (κ3) is 5.17. The van der Waals surface area contributed by atoms with Gasteiger partial charge < -0.3 is 19.9 Å². The molecule has 1 N–H and O–H groups in total. The number of piperidine rings is 1. The number of amides is 1. The van der Waals surface area contributed by atoms with E-state index in [-0.39, 0.29) is 40.3 Å². The highest BCUT2D eigenvalue weighted by Gasteiger charge is 2.35. The highest BCUT2D eigenvalue weighted by atomic mass is 35.5. The lowest BCUT2D eigenvalue weighted by molar-refractivity contribution is 0.0929. The first-order valence-electron chi connectivity index (χ1n) is 11.7. The van der Waals surface area contributed by atoms with E-state index >= 15 is 4.39 Å². The highest BCUT2D eigenvalue weighted by molar-refractivity contribution is 6.30. The van der Waals surface area contributed by atoms with Crippen molar-refractivity contribution in [2.24, 2.45) is 11.8 Å². The van der Waals surface area contributed by atoms with Gasteiger partial charge in [-0.05, 0) is 72.0 Å². The van der Waals surface area contributed by atoms with Crippen molar-refractivity contribution in [3.63, 3.8) is 0 Å². The fraction of sp³-hybridized carbons (Fsp3) is 0.625. The van der Waals surface area contributed by atoms with Gasteiger partial charge in [0.05, 0.1) is 17.2 Å². The van der Waals surface area contributed by atoms with Gasteiger partial charge in [-0.15, -0.1) is 0 Å². The fourth-order valence-electron chi connectivity index (χ4n) is 5.16. The molecule has 2 aromatic heterocycles. The fourth-order valence-corrected chi connectivity index (χ4v) is 5.33.